The molecule has 0 heteroatoms. The molecule has 0 aliphatic heterocycles. The first-order valence-corrected chi connectivity index (χ1v) is 7.22. The summed E-state index contributed by atoms with van der Waals surface area (Å²) in [6.07, 6.45) is 2.75. The average Bonchev–Trinajstić information content (AvgIpc) is 2.91. The van der Waals surface area contributed by atoms with E-state index in [0.717, 1.165) is 23.7 Å². The first-order valence-electron chi connectivity index (χ1n) is 7.22. The Morgan fingerprint density at radius 1 is 1.18 bits per heavy atom. The van der Waals surface area contributed by atoms with Crippen LogP contribution in [-0.4, -0.2) is 0 Å². The van der Waals surface area contributed by atoms with Crippen molar-refractivity contribution < 1.29 is 0 Å². The fraction of sp³-hybridized carbons (Fsp3) is 0.647. The molecule has 1 aromatic carbocycles. The monoisotopic (exact) mass is 228 g/mol. The van der Waals surface area contributed by atoms with Gasteiger partial charge in [-0.25, -0.2) is 0 Å². The lowest BCUT2D eigenvalue weighted by Crippen LogP contribution is -2.27. The summed E-state index contributed by atoms with van der Waals surface area (Å²) in [5.74, 6) is 3.40. The summed E-state index contributed by atoms with van der Waals surface area (Å²) < 4.78 is 0. The Bertz CT molecular complexity index is 433. The summed E-state index contributed by atoms with van der Waals surface area (Å²) in [6, 6.07) is 9.23. The van der Waals surface area contributed by atoms with Gasteiger partial charge < -0.3 is 0 Å². The van der Waals surface area contributed by atoms with Crippen molar-refractivity contribution in [2.45, 2.75) is 51.9 Å². The highest BCUT2D eigenvalue weighted by Gasteiger charge is 2.63. The highest BCUT2D eigenvalue weighted by atomic mass is 14.7. The Balaban J connectivity index is 2.12. The van der Waals surface area contributed by atoms with Gasteiger partial charge >= 0.3 is 0 Å². The summed E-state index contributed by atoms with van der Waals surface area (Å²) in [7, 11) is 0. The molecule has 2 aliphatic carbocycles. The molecule has 0 N–H and O–H groups in total. The van der Waals surface area contributed by atoms with E-state index in [1.165, 1.54) is 12.8 Å². The van der Waals surface area contributed by atoms with Gasteiger partial charge in [-0.3, -0.25) is 0 Å². The van der Waals surface area contributed by atoms with Crippen molar-refractivity contribution >= 4 is 0 Å². The minimum atomic E-state index is 0.539. The Hall–Kier alpha value is -0.780. The van der Waals surface area contributed by atoms with Crippen LogP contribution in [0.4, 0.5) is 0 Å². The molecule has 3 rings (SSSR count). The van der Waals surface area contributed by atoms with Crippen molar-refractivity contribution in [2.75, 3.05) is 0 Å². The van der Waals surface area contributed by atoms with Crippen molar-refractivity contribution in [1.29, 1.82) is 0 Å². The zero-order valence-corrected chi connectivity index (χ0v) is 11.5. The average molecular weight is 228 g/mol. The zero-order chi connectivity index (χ0) is 12.2. The van der Waals surface area contributed by atoms with E-state index in [1.54, 1.807) is 11.1 Å². The van der Waals surface area contributed by atoms with Crippen molar-refractivity contribution in [3.05, 3.63) is 35.4 Å². The molecule has 2 aliphatic rings. The van der Waals surface area contributed by atoms with Crippen molar-refractivity contribution in [2.24, 2.45) is 17.8 Å². The second-order valence-electron chi connectivity index (χ2n) is 6.40. The molecular formula is C17H24. The van der Waals surface area contributed by atoms with Crippen LogP contribution in [0.3, 0.4) is 0 Å². The lowest BCUT2D eigenvalue weighted by Gasteiger charge is -2.36. The third-order valence-electron chi connectivity index (χ3n) is 5.87. The number of rotatable bonds is 1. The largest absolute Gasteiger partial charge is 0.0651 e. The Kier molecular flexibility index (Phi) is 2.40. The maximum absolute atomic E-state index is 2.47. The summed E-state index contributed by atoms with van der Waals surface area (Å²) in [6.45, 7) is 9.68. The molecule has 0 saturated heterocycles. The van der Waals surface area contributed by atoms with E-state index in [9.17, 15) is 0 Å². The van der Waals surface area contributed by atoms with Crippen LogP contribution in [0.25, 0.3) is 0 Å². The van der Waals surface area contributed by atoms with Gasteiger partial charge in [0.1, 0.15) is 0 Å². The van der Waals surface area contributed by atoms with Crippen molar-refractivity contribution in [1.82, 2.24) is 0 Å². The van der Waals surface area contributed by atoms with E-state index in [1.807, 2.05) is 0 Å². The molecule has 1 fully saturated rings. The quantitative estimate of drug-likeness (QED) is 0.651. The molecule has 0 bridgehead atoms. The normalized spacial score (nSPS) is 43.5. The van der Waals surface area contributed by atoms with Gasteiger partial charge in [-0.15, -0.1) is 0 Å². The van der Waals surface area contributed by atoms with Gasteiger partial charge in [-0.05, 0) is 41.2 Å². The molecule has 5 atom stereocenters. The van der Waals surface area contributed by atoms with Crippen molar-refractivity contribution in [3.63, 3.8) is 0 Å². The minimum Gasteiger partial charge on any atom is -0.0651 e. The van der Waals surface area contributed by atoms with Crippen LogP contribution in [0.2, 0.25) is 0 Å². The lowest BCUT2D eigenvalue weighted by atomic mass is 9.68. The van der Waals surface area contributed by atoms with E-state index in [-0.39, 0.29) is 0 Å². The first-order chi connectivity index (χ1) is 8.13. The highest BCUT2D eigenvalue weighted by molar-refractivity contribution is 5.46. The molecule has 0 radical (unpaired) electrons. The molecule has 0 heterocycles. The molecule has 1 spiro atoms. The Morgan fingerprint density at radius 3 is 2.53 bits per heavy atom. The number of benzene rings is 1. The molecule has 1 saturated carbocycles. The van der Waals surface area contributed by atoms with Crippen LogP contribution in [0, 0.1) is 17.8 Å². The lowest BCUT2D eigenvalue weighted by molar-refractivity contribution is 0.339. The summed E-state index contributed by atoms with van der Waals surface area (Å²) >= 11 is 0. The van der Waals surface area contributed by atoms with E-state index in [0.29, 0.717) is 5.41 Å². The second kappa shape index (κ2) is 3.60. The maximum atomic E-state index is 2.47. The van der Waals surface area contributed by atoms with Crippen LogP contribution in [-0.2, 0) is 5.41 Å². The fourth-order valence-electron chi connectivity index (χ4n) is 4.67. The zero-order valence-electron chi connectivity index (χ0n) is 11.5. The van der Waals surface area contributed by atoms with E-state index in [4.69, 9.17) is 0 Å². The molecule has 0 nitrogen and oxygen atoms in total. The second-order valence-corrected chi connectivity index (χ2v) is 6.40. The maximum Gasteiger partial charge on any atom is 0.00181 e. The molecule has 17 heavy (non-hydrogen) atoms. The topological polar surface area (TPSA) is 0 Å². The van der Waals surface area contributed by atoms with Crippen LogP contribution in [0.5, 0.6) is 0 Å². The van der Waals surface area contributed by atoms with Gasteiger partial charge in [-0.2, -0.15) is 0 Å². The molecule has 0 amide bonds. The predicted octanol–water partition coefficient (Wildman–Crippen LogP) is 4.74. The third-order valence-corrected chi connectivity index (χ3v) is 5.87. The van der Waals surface area contributed by atoms with Gasteiger partial charge in [0.05, 0.1) is 0 Å². The van der Waals surface area contributed by atoms with Crippen LogP contribution in [0.15, 0.2) is 24.3 Å². The molecule has 0 aromatic heterocycles. The number of hydrogen-bond donors (Lipinski definition) is 0. The smallest absolute Gasteiger partial charge is 0.00181 e. The minimum absolute atomic E-state index is 0.539. The number of hydrogen-bond acceptors (Lipinski definition) is 0. The van der Waals surface area contributed by atoms with Gasteiger partial charge in [0.15, 0.2) is 0 Å². The Morgan fingerprint density at radius 2 is 1.88 bits per heavy atom. The van der Waals surface area contributed by atoms with Gasteiger partial charge in [-0.1, -0.05) is 58.4 Å². The molecular weight excluding hydrogens is 204 g/mol. The standard InChI is InChI=1S/C17H24/c1-5-15-13(4)17(15)10-11(2)12(3)14-8-6-7-9-16(14)17/h6-9,11-13,15H,5,10H2,1-4H3. The fourth-order valence-corrected chi connectivity index (χ4v) is 4.67. The van der Waals surface area contributed by atoms with Crippen LogP contribution >= 0.6 is 0 Å². The van der Waals surface area contributed by atoms with E-state index >= 15 is 0 Å². The molecule has 92 valence electrons. The molecule has 5 unspecified atom stereocenters. The predicted molar refractivity (Wildman–Crippen MR) is 73.3 cm³/mol. The van der Waals surface area contributed by atoms with E-state index in [2.05, 4.69) is 52.0 Å². The van der Waals surface area contributed by atoms with Crippen molar-refractivity contribution in [3.8, 4) is 0 Å². The Labute approximate surface area is 105 Å². The summed E-state index contributed by atoms with van der Waals surface area (Å²) in [5.41, 5.74) is 3.86. The third kappa shape index (κ3) is 1.30. The number of fused-ring (bicyclic) bond motifs is 2. The van der Waals surface area contributed by atoms with Gasteiger partial charge in [0, 0.05) is 5.41 Å². The SMILES string of the molecule is CCC1C(C)C12CC(C)C(C)c1ccccc12. The first kappa shape index (κ1) is 11.3. The van der Waals surface area contributed by atoms with Crippen LogP contribution < -0.4 is 0 Å². The van der Waals surface area contributed by atoms with Gasteiger partial charge in [0.2, 0.25) is 0 Å². The van der Waals surface area contributed by atoms with Gasteiger partial charge in [0.25, 0.3) is 0 Å². The molecule has 1 aromatic rings. The summed E-state index contributed by atoms with van der Waals surface area (Å²) in [4.78, 5) is 0. The summed E-state index contributed by atoms with van der Waals surface area (Å²) in [5, 5.41) is 0. The van der Waals surface area contributed by atoms with E-state index < -0.39 is 0 Å². The highest BCUT2D eigenvalue weighted by Crippen LogP contribution is 2.68. The van der Waals surface area contributed by atoms with Crippen LogP contribution in [0.1, 0.15) is 57.6 Å².